The Morgan fingerprint density at radius 2 is 1.97 bits per heavy atom. The van der Waals surface area contributed by atoms with Crippen LogP contribution in [0.1, 0.15) is 57.1 Å². The van der Waals surface area contributed by atoms with Gasteiger partial charge in [0.05, 0.1) is 32.7 Å². The number of ether oxygens (including phenoxy) is 1. The van der Waals surface area contributed by atoms with E-state index in [9.17, 15) is 19.8 Å². The summed E-state index contributed by atoms with van der Waals surface area (Å²) in [5.41, 5.74) is 0.891. The highest BCUT2D eigenvalue weighted by Crippen LogP contribution is 2.58. The third kappa shape index (κ3) is 2.67. The molecule has 1 atom stereocenters. The Kier molecular flexibility index (Phi) is 4.32. The van der Waals surface area contributed by atoms with E-state index < -0.39 is 11.2 Å². The molecule has 2 N–H and O–H groups in total. The van der Waals surface area contributed by atoms with Crippen molar-refractivity contribution in [3.8, 4) is 22.4 Å². The summed E-state index contributed by atoms with van der Waals surface area (Å²) in [4.78, 5) is 31.1. The number of allylic oxidation sites excluding steroid dienone is 1. The number of nitrogens with zero attached hydrogens (tertiary/aromatic N) is 3. The average Bonchev–Trinajstić information content (AvgIpc) is 3.44. The lowest BCUT2D eigenvalue weighted by molar-refractivity contribution is 0.0905. The van der Waals surface area contributed by atoms with Crippen molar-refractivity contribution in [2.45, 2.75) is 33.1 Å². The largest absolute Gasteiger partial charge is 0.507 e. The van der Waals surface area contributed by atoms with E-state index in [4.69, 9.17) is 16.3 Å². The molecule has 2 aliphatic rings. The molecular formula is C25H18ClN3O5S. The number of halogens is 1. The van der Waals surface area contributed by atoms with Crippen LogP contribution < -0.4 is 4.74 Å². The summed E-state index contributed by atoms with van der Waals surface area (Å²) < 4.78 is 8.55. The van der Waals surface area contributed by atoms with Crippen LogP contribution in [-0.4, -0.2) is 36.5 Å². The van der Waals surface area contributed by atoms with E-state index in [0.717, 1.165) is 4.70 Å². The number of fused-ring (bicyclic) bond motifs is 5. The van der Waals surface area contributed by atoms with E-state index >= 15 is 0 Å². The zero-order valence-corrected chi connectivity index (χ0v) is 20.6. The fourth-order valence-electron chi connectivity index (χ4n) is 4.91. The molecule has 0 amide bonds. The monoisotopic (exact) mass is 507 g/mol. The molecule has 2 aromatic heterocycles. The lowest BCUT2D eigenvalue weighted by atomic mass is 9.71. The van der Waals surface area contributed by atoms with Crippen molar-refractivity contribution in [2.24, 2.45) is 0 Å². The molecule has 0 unspecified atom stereocenters. The summed E-state index contributed by atoms with van der Waals surface area (Å²) in [6.45, 7) is 6.17. The first kappa shape index (κ1) is 21.8. The fourth-order valence-corrected chi connectivity index (χ4v) is 5.99. The molecule has 0 spiro atoms. The Bertz CT molecular complexity index is 1700. The SMILES string of the molecule is CC(=O)c1c(O)c(C)c(O)c2c1OC1=Cc3c(c(C)nn3-c3nc4cc(Cl)ccc4s3)C(=O)[C@@]12C. The molecule has 8 nitrogen and oxygen atoms in total. The second-order valence-electron chi connectivity index (χ2n) is 8.89. The number of thiazole rings is 1. The quantitative estimate of drug-likeness (QED) is 0.356. The number of carbonyl (C=O) groups excluding carboxylic acids is 2. The second kappa shape index (κ2) is 6.93. The first-order chi connectivity index (χ1) is 16.5. The summed E-state index contributed by atoms with van der Waals surface area (Å²) in [6.07, 6.45) is 1.69. The number of rotatable bonds is 2. The zero-order valence-electron chi connectivity index (χ0n) is 19.1. The van der Waals surface area contributed by atoms with Gasteiger partial charge in [-0.1, -0.05) is 22.9 Å². The van der Waals surface area contributed by atoms with Gasteiger partial charge in [-0.25, -0.2) is 9.67 Å². The van der Waals surface area contributed by atoms with Gasteiger partial charge in [0.25, 0.3) is 0 Å². The molecule has 0 bridgehead atoms. The van der Waals surface area contributed by atoms with Crippen LogP contribution in [0.25, 0.3) is 21.4 Å². The van der Waals surface area contributed by atoms with Crippen molar-refractivity contribution in [1.82, 2.24) is 14.8 Å². The summed E-state index contributed by atoms with van der Waals surface area (Å²) in [5.74, 6) is -1.18. The van der Waals surface area contributed by atoms with Crippen molar-refractivity contribution >= 4 is 50.8 Å². The molecule has 6 rings (SSSR count). The highest BCUT2D eigenvalue weighted by Gasteiger charge is 2.55. The number of ketones is 2. The molecule has 0 saturated carbocycles. The van der Waals surface area contributed by atoms with Crippen molar-refractivity contribution in [2.75, 3.05) is 0 Å². The van der Waals surface area contributed by atoms with Crippen LogP contribution in [0.4, 0.5) is 0 Å². The molecule has 0 fully saturated rings. The Balaban J connectivity index is 1.60. The van der Waals surface area contributed by atoms with Gasteiger partial charge in [-0.05, 0) is 45.9 Å². The predicted octanol–water partition coefficient (Wildman–Crippen LogP) is 5.25. The van der Waals surface area contributed by atoms with E-state index in [1.54, 1.807) is 36.7 Å². The molecule has 1 aliphatic carbocycles. The first-order valence-corrected chi connectivity index (χ1v) is 11.9. The first-order valence-electron chi connectivity index (χ1n) is 10.7. The second-order valence-corrected chi connectivity index (χ2v) is 10.3. The summed E-state index contributed by atoms with van der Waals surface area (Å²) in [5, 5.41) is 27.2. The van der Waals surface area contributed by atoms with Crippen LogP contribution in [0.5, 0.6) is 17.2 Å². The number of Topliss-reactive ketones (excluding diaryl/α,β-unsaturated/α-hetero) is 2. The van der Waals surface area contributed by atoms with Crippen LogP contribution in [0, 0.1) is 13.8 Å². The smallest absolute Gasteiger partial charge is 0.212 e. The van der Waals surface area contributed by atoms with Gasteiger partial charge in [-0.2, -0.15) is 5.10 Å². The van der Waals surface area contributed by atoms with E-state index in [1.165, 1.54) is 25.2 Å². The number of hydrogen-bond donors (Lipinski definition) is 2. The Labute approximate surface area is 208 Å². The molecular weight excluding hydrogens is 490 g/mol. The van der Waals surface area contributed by atoms with Crippen molar-refractivity contribution < 1.29 is 24.5 Å². The van der Waals surface area contributed by atoms with Gasteiger partial charge >= 0.3 is 0 Å². The molecule has 10 heteroatoms. The van der Waals surface area contributed by atoms with E-state index in [1.807, 2.05) is 6.07 Å². The molecule has 1 aliphatic heterocycles. The van der Waals surface area contributed by atoms with E-state index in [2.05, 4.69) is 10.1 Å². The normalized spacial score (nSPS) is 18.2. The van der Waals surface area contributed by atoms with Crippen molar-refractivity contribution in [3.63, 3.8) is 0 Å². The third-order valence-electron chi connectivity index (χ3n) is 6.76. The molecule has 176 valence electrons. The number of phenols is 2. The minimum absolute atomic E-state index is 0.00264. The van der Waals surface area contributed by atoms with Gasteiger partial charge in [0, 0.05) is 16.7 Å². The van der Waals surface area contributed by atoms with Crippen molar-refractivity contribution in [3.05, 3.63) is 62.6 Å². The molecule has 4 aromatic rings. The topological polar surface area (TPSA) is 115 Å². The van der Waals surface area contributed by atoms with Gasteiger partial charge in [-0.15, -0.1) is 0 Å². The van der Waals surface area contributed by atoms with Gasteiger partial charge < -0.3 is 14.9 Å². The number of aryl methyl sites for hydroxylation is 1. The fraction of sp³-hybridized carbons (Fsp3) is 0.200. The number of carbonyl (C=O) groups is 2. The standard InChI is InChI=1S/C25H18ClN3O5S/c1-9-20(31)18(11(3)30)22-19(21(9)32)25(4)16(34-22)8-14-17(23(25)33)10(2)28-29(14)24-27-13-7-12(26)5-6-15(13)35-24/h5-8,31-32H,1-4H3/t25-/m0/s1. The van der Waals surface area contributed by atoms with Crippen molar-refractivity contribution in [1.29, 1.82) is 0 Å². The molecule has 0 radical (unpaired) electrons. The number of aromatic nitrogens is 3. The maximum atomic E-state index is 14.0. The Morgan fingerprint density at radius 3 is 2.69 bits per heavy atom. The summed E-state index contributed by atoms with van der Waals surface area (Å²) >= 11 is 7.51. The van der Waals surface area contributed by atoms with E-state index in [-0.39, 0.29) is 45.5 Å². The zero-order chi connectivity index (χ0) is 25.0. The lowest BCUT2D eigenvalue weighted by Gasteiger charge is -2.27. The summed E-state index contributed by atoms with van der Waals surface area (Å²) in [7, 11) is 0. The number of hydrogen-bond acceptors (Lipinski definition) is 8. The van der Waals surface area contributed by atoms with Gasteiger partial charge in [0.1, 0.15) is 34.0 Å². The van der Waals surface area contributed by atoms with Crippen LogP contribution in [0.2, 0.25) is 5.02 Å². The molecule has 35 heavy (non-hydrogen) atoms. The molecule has 0 saturated heterocycles. The molecule has 2 aromatic carbocycles. The minimum atomic E-state index is -1.39. The van der Waals surface area contributed by atoms with Crippen LogP contribution in [0.3, 0.4) is 0 Å². The number of benzene rings is 2. The third-order valence-corrected chi connectivity index (χ3v) is 8.01. The number of aromatic hydroxyl groups is 2. The maximum absolute atomic E-state index is 14.0. The van der Waals surface area contributed by atoms with Gasteiger partial charge in [0.15, 0.2) is 11.6 Å². The number of phenolic OH excluding ortho intramolecular Hbond substituents is 2. The Morgan fingerprint density at radius 1 is 1.23 bits per heavy atom. The lowest BCUT2D eigenvalue weighted by Crippen LogP contribution is -2.36. The minimum Gasteiger partial charge on any atom is -0.507 e. The summed E-state index contributed by atoms with van der Waals surface area (Å²) in [6, 6.07) is 5.42. The highest BCUT2D eigenvalue weighted by molar-refractivity contribution is 7.20. The average molecular weight is 508 g/mol. The Hall–Kier alpha value is -3.69. The van der Waals surface area contributed by atoms with Gasteiger partial charge in [-0.3, -0.25) is 9.59 Å². The van der Waals surface area contributed by atoms with Crippen LogP contribution in [-0.2, 0) is 5.41 Å². The van der Waals surface area contributed by atoms with E-state index in [0.29, 0.717) is 32.6 Å². The van der Waals surface area contributed by atoms with Gasteiger partial charge in [0.2, 0.25) is 5.13 Å². The van der Waals surface area contributed by atoms with Crippen LogP contribution >= 0.6 is 22.9 Å². The van der Waals surface area contributed by atoms with Crippen LogP contribution in [0.15, 0.2) is 24.0 Å². The highest BCUT2D eigenvalue weighted by atomic mass is 35.5. The predicted molar refractivity (Wildman–Crippen MR) is 131 cm³/mol. The maximum Gasteiger partial charge on any atom is 0.212 e. The molecule has 3 heterocycles.